The van der Waals surface area contributed by atoms with Gasteiger partial charge in [-0.25, -0.2) is 4.98 Å². The van der Waals surface area contributed by atoms with E-state index in [-0.39, 0.29) is 0 Å². The van der Waals surface area contributed by atoms with Crippen molar-refractivity contribution in [1.29, 1.82) is 0 Å². The molecule has 3 nitrogen and oxygen atoms in total. The van der Waals surface area contributed by atoms with Crippen molar-refractivity contribution in [3.63, 3.8) is 0 Å². The minimum Gasteiger partial charge on any atom is -0.369 e. The van der Waals surface area contributed by atoms with Crippen molar-refractivity contribution in [3.05, 3.63) is 16.5 Å². The zero-order valence-corrected chi connectivity index (χ0v) is 11.4. The molecule has 2 N–H and O–H groups in total. The van der Waals surface area contributed by atoms with Crippen molar-refractivity contribution in [2.24, 2.45) is 0 Å². The number of H-pyrrole nitrogens is 1. The summed E-state index contributed by atoms with van der Waals surface area (Å²) in [5.41, 5.74) is 0. The van der Waals surface area contributed by atoms with Gasteiger partial charge in [0.05, 0.1) is 0 Å². The van der Waals surface area contributed by atoms with Gasteiger partial charge in [-0.15, -0.1) is 0 Å². The average molecular weight is 251 g/mol. The average Bonchev–Trinajstić information content (AvgIpc) is 2.28. The van der Waals surface area contributed by atoms with E-state index in [0.29, 0.717) is 16.6 Å². The SMILES string of the molecule is CC(C)Nc1cc(=S)nc(C2CCCCC2)[nH]1. The van der Waals surface area contributed by atoms with E-state index in [1.807, 2.05) is 6.07 Å². The molecule has 1 aromatic heterocycles. The number of anilines is 1. The Kier molecular flexibility index (Phi) is 4.15. The van der Waals surface area contributed by atoms with Gasteiger partial charge in [-0.2, -0.15) is 0 Å². The molecule has 0 aliphatic heterocycles. The summed E-state index contributed by atoms with van der Waals surface area (Å²) in [4.78, 5) is 7.88. The first kappa shape index (κ1) is 12.6. The molecule has 0 atom stereocenters. The second-order valence-electron chi connectivity index (χ2n) is 5.15. The van der Waals surface area contributed by atoms with Crippen LogP contribution in [0.1, 0.15) is 57.7 Å². The van der Waals surface area contributed by atoms with Gasteiger partial charge < -0.3 is 10.3 Å². The molecule has 1 fully saturated rings. The molecule has 1 heterocycles. The largest absolute Gasteiger partial charge is 0.369 e. The number of nitrogens with zero attached hydrogens (tertiary/aromatic N) is 1. The molecule has 0 bridgehead atoms. The minimum absolute atomic E-state index is 0.405. The third-order valence-electron chi connectivity index (χ3n) is 3.20. The Hall–Kier alpha value is -0.900. The van der Waals surface area contributed by atoms with E-state index in [4.69, 9.17) is 12.2 Å². The van der Waals surface area contributed by atoms with Gasteiger partial charge in [0.15, 0.2) is 0 Å². The van der Waals surface area contributed by atoms with Gasteiger partial charge >= 0.3 is 0 Å². The smallest absolute Gasteiger partial charge is 0.131 e. The number of aromatic nitrogens is 2. The van der Waals surface area contributed by atoms with Gasteiger partial charge in [0.25, 0.3) is 0 Å². The molecule has 0 aromatic carbocycles. The highest BCUT2D eigenvalue weighted by molar-refractivity contribution is 7.71. The number of aromatic amines is 1. The summed E-state index contributed by atoms with van der Waals surface area (Å²) in [6, 6.07) is 2.31. The Morgan fingerprint density at radius 3 is 2.71 bits per heavy atom. The molecule has 0 saturated heterocycles. The molecule has 1 aliphatic carbocycles. The molecule has 0 radical (unpaired) electrons. The van der Waals surface area contributed by atoms with Crippen molar-refractivity contribution in [2.45, 2.75) is 57.9 Å². The monoisotopic (exact) mass is 251 g/mol. The first-order chi connectivity index (χ1) is 8.15. The summed E-state index contributed by atoms with van der Waals surface area (Å²) < 4.78 is 0.687. The first-order valence-corrected chi connectivity index (χ1v) is 6.94. The first-order valence-electron chi connectivity index (χ1n) is 6.53. The molecular weight excluding hydrogens is 230 g/mol. The van der Waals surface area contributed by atoms with E-state index in [1.165, 1.54) is 32.1 Å². The lowest BCUT2D eigenvalue weighted by Gasteiger charge is -2.21. The van der Waals surface area contributed by atoms with Crippen molar-refractivity contribution in [2.75, 3.05) is 5.32 Å². The predicted octanol–water partition coefficient (Wildman–Crippen LogP) is 4.01. The fraction of sp³-hybridized carbons (Fsp3) is 0.692. The van der Waals surface area contributed by atoms with E-state index in [9.17, 15) is 0 Å². The highest BCUT2D eigenvalue weighted by Crippen LogP contribution is 2.30. The Morgan fingerprint density at radius 1 is 1.35 bits per heavy atom. The van der Waals surface area contributed by atoms with Crippen LogP contribution in [0.25, 0.3) is 0 Å². The van der Waals surface area contributed by atoms with Gasteiger partial charge in [0, 0.05) is 18.0 Å². The third-order valence-corrected chi connectivity index (χ3v) is 3.41. The zero-order valence-electron chi connectivity index (χ0n) is 10.6. The lowest BCUT2D eigenvalue weighted by molar-refractivity contribution is 0.428. The van der Waals surface area contributed by atoms with Crippen LogP contribution in [0.5, 0.6) is 0 Å². The maximum Gasteiger partial charge on any atom is 0.131 e. The van der Waals surface area contributed by atoms with Crippen LogP contribution < -0.4 is 5.32 Å². The lowest BCUT2D eigenvalue weighted by atomic mass is 9.89. The van der Waals surface area contributed by atoms with E-state index in [2.05, 4.69) is 29.1 Å². The molecule has 0 unspecified atom stereocenters. The summed E-state index contributed by atoms with van der Waals surface area (Å²) >= 11 is 5.24. The van der Waals surface area contributed by atoms with E-state index in [1.54, 1.807) is 0 Å². The second-order valence-corrected chi connectivity index (χ2v) is 5.57. The maximum absolute atomic E-state index is 5.24. The Bertz CT molecular complexity index is 419. The number of rotatable bonds is 3. The standard InChI is InChI=1S/C13H21N3S/c1-9(2)14-11-8-12(17)16-13(15-11)10-6-4-3-5-7-10/h8-10H,3-7H2,1-2H3,(H2,14,15,16,17). The van der Waals surface area contributed by atoms with Crippen LogP contribution >= 0.6 is 12.2 Å². The molecule has 0 spiro atoms. The lowest BCUT2D eigenvalue weighted by Crippen LogP contribution is -2.14. The van der Waals surface area contributed by atoms with Gasteiger partial charge in [-0.1, -0.05) is 31.5 Å². The summed E-state index contributed by atoms with van der Waals surface area (Å²) in [6.07, 6.45) is 6.47. The van der Waals surface area contributed by atoms with Crippen LogP contribution in [-0.4, -0.2) is 16.0 Å². The predicted molar refractivity (Wildman–Crippen MR) is 74.0 cm³/mol. The minimum atomic E-state index is 0.405. The van der Waals surface area contributed by atoms with Crippen molar-refractivity contribution in [1.82, 2.24) is 9.97 Å². The maximum atomic E-state index is 5.24. The number of nitrogens with one attached hydrogen (secondary N) is 2. The van der Waals surface area contributed by atoms with E-state index in [0.717, 1.165) is 11.6 Å². The molecule has 1 aromatic rings. The molecular formula is C13H21N3S. The molecule has 0 amide bonds. The quantitative estimate of drug-likeness (QED) is 0.798. The molecule has 1 aliphatic rings. The van der Waals surface area contributed by atoms with Crippen LogP contribution in [0.2, 0.25) is 0 Å². The van der Waals surface area contributed by atoms with Gasteiger partial charge in [-0.3, -0.25) is 0 Å². The van der Waals surface area contributed by atoms with Crippen LogP contribution in [0.4, 0.5) is 5.82 Å². The summed E-state index contributed by atoms with van der Waals surface area (Å²) in [5, 5.41) is 3.36. The summed E-state index contributed by atoms with van der Waals surface area (Å²) in [5.74, 6) is 2.64. The Balaban J connectivity index is 2.21. The van der Waals surface area contributed by atoms with Crippen molar-refractivity contribution < 1.29 is 0 Å². The number of hydrogen-bond acceptors (Lipinski definition) is 3. The van der Waals surface area contributed by atoms with E-state index >= 15 is 0 Å². The Morgan fingerprint density at radius 2 is 2.06 bits per heavy atom. The fourth-order valence-corrected chi connectivity index (χ4v) is 2.65. The third kappa shape index (κ3) is 3.53. The molecule has 1 saturated carbocycles. The van der Waals surface area contributed by atoms with Crippen LogP contribution in [0.3, 0.4) is 0 Å². The van der Waals surface area contributed by atoms with Crippen LogP contribution in [-0.2, 0) is 0 Å². The molecule has 17 heavy (non-hydrogen) atoms. The van der Waals surface area contributed by atoms with Crippen LogP contribution in [0, 0.1) is 4.64 Å². The topological polar surface area (TPSA) is 40.7 Å². The highest BCUT2D eigenvalue weighted by atomic mass is 32.1. The molecule has 94 valence electrons. The normalized spacial score (nSPS) is 17.4. The van der Waals surface area contributed by atoms with Crippen molar-refractivity contribution in [3.8, 4) is 0 Å². The summed E-state index contributed by atoms with van der Waals surface area (Å²) in [7, 11) is 0. The molecule has 4 heteroatoms. The summed E-state index contributed by atoms with van der Waals surface area (Å²) in [6.45, 7) is 4.25. The second kappa shape index (κ2) is 5.63. The van der Waals surface area contributed by atoms with Gasteiger partial charge in [-0.05, 0) is 26.7 Å². The van der Waals surface area contributed by atoms with Crippen LogP contribution in [0.15, 0.2) is 6.07 Å². The fourth-order valence-electron chi connectivity index (χ4n) is 2.43. The van der Waals surface area contributed by atoms with Crippen molar-refractivity contribution >= 4 is 18.0 Å². The van der Waals surface area contributed by atoms with Gasteiger partial charge in [0.2, 0.25) is 0 Å². The van der Waals surface area contributed by atoms with Gasteiger partial charge in [0.1, 0.15) is 16.3 Å². The molecule has 2 rings (SSSR count). The Labute approximate surface area is 108 Å². The number of hydrogen-bond donors (Lipinski definition) is 2. The zero-order chi connectivity index (χ0) is 12.3. The highest BCUT2D eigenvalue weighted by Gasteiger charge is 2.17. The van der Waals surface area contributed by atoms with E-state index < -0.39 is 0 Å².